The van der Waals surface area contributed by atoms with Crippen molar-refractivity contribution in [2.75, 3.05) is 5.43 Å². The van der Waals surface area contributed by atoms with Crippen molar-refractivity contribution < 1.29 is 4.39 Å². The van der Waals surface area contributed by atoms with Crippen molar-refractivity contribution in [3.05, 3.63) is 56.5 Å². The highest BCUT2D eigenvalue weighted by atomic mass is 19.1. The highest BCUT2D eigenvalue weighted by molar-refractivity contribution is 5.74. The summed E-state index contributed by atoms with van der Waals surface area (Å²) in [5.74, 6) is 5.22. The first-order valence-corrected chi connectivity index (χ1v) is 6.82. The molecule has 0 amide bonds. The molecule has 1 aromatic carbocycles. The summed E-state index contributed by atoms with van der Waals surface area (Å²) < 4.78 is 17.6. The summed E-state index contributed by atoms with van der Waals surface area (Å²) in [6.07, 6.45) is 0. The Kier molecular flexibility index (Phi) is 3.49. The maximum Gasteiger partial charge on any atom is 0.332 e. The van der Waals surface area contributed by atoms with Gasteiger partial charge in [0.15, 0.2) is 11.2 Å². The van der Waals surface area contributed by atoms with Crippen molar-refractivity contribution >= 4 is 17.1 Å². The number of aromatic nitrogens is 4. The molecule has 0 spiro atoms. The molecule has 0 radical (unpaired) electrons. The van der Waals surface area contributed by atoms with Crippen LogP contribution < -0.4 is 22.5 Å². The van der Waals surface area contributed by atoms with Crippen LogP contribution in [0.2, 0.25) is 0 Å². The Labute approximate surface area is 129 Å². The number of nitrogens with one attached hydrogen (secondary N) is 1. The van der Waals surface area contributed by atoms with E-state index in [9.17, 15) is 14.0 Å². The zero-order valence-electron chi connectivity index (χ0n) is 12.6. The molecule has 3 rings (SSSR count). The fourth-order valence-electron chi connectivity index (χ4n) is 2.51. The van der Waals surface area contributed by atoms with Crippen LogP contribution in [0.5, 0.6) is 0 Å². The number of fused-ring (bicyclic) bond motifs is 1. The van der Waals surface area contributed by atoms with Crippen molar-refractivity contribution in [3.8, 4) is 0 Å². The summed E-state index contributed by atoms with van der Waals surface area (Å²) >= 11 is 0. The van der Waals surface area contributed by atoms with Crippen molar-refractivity contribution in [1.29, 1.82) is 0 Å². The summed E-state index contributed by atoms with van der Waals surface area (Å²) in [7, 11) is 2.88. The minimum Gasteiger partial charge on any atom is -0.299 e. The molecule has 0 aliphatic rings. The fourth-order valence-corrected chi connectivity index (χ4v) is 2.51. The number of hydrogen-bond acceptors (Lipinski definition) is 5. The van der Waals surface area contributed by atoms with Crippen molar-refractivity contribution in [2.24, 2.45) is 19.9 Å². The Bertz CT molecular complexity index is 1020. The number of nitrogen functional groups attached to an aromatic ring is 1. The Morgan fingerprint density at radius 1 is 1.22 bits per heavy atom. The molecule has 0 bridgehead atoms. The van der Waals surface area contributed by atoms with Gasteiger partial charge in [-0.05, 0) is 6.07 Å². The topological polar surface area (TPSA) is 99.9 Å². The molecule has 8 nitrogen and oxygen atoms in total. The van der Waals surface area contributed by atoms with Gasteiger partial charge in [0.05, 0.1) is 6.54 Å². The summed E-state index contributed by atoms with van der Waals surface area (Å²) in [6, 6.07) is 6.21. The predicted molar refractivity (Wildman–Crippen MR) is 83.5 cm³/mol. The van der Waals surface area contributed by atoms with Crippen LogP contribution in [0.3, 0.4) is 0 Å². The molecule has 0 unspecified atom stereocenters. The molecule has 3 N–H and O–H groups in total. The van der Waals surface area contributed by atoms with Gasteiger partial charge in [0.2, 0.25) is 5.95 Å². The normalized spacial score (nSPS) is 11.1. The van der Waals surface area contributed by atoms with Crippen molar-refractivity contribution in [3.63, 3.8) is 0 Å². The molecular formula is C14H15FN6O2. The zero-order chi connectivity index (χ0) is 16.7. The average Bonchev–Trinajstić information content (AvgIpc) is 2.91. The van der Waals surface area contributed by atoms with Gasteiger partial charge in [-0.2, -0.15) is 4.98 Å². The van der Waals surface area contributed by atoms with Gasteiger partial charge in [0.25, 0.3) is 5.56 Å². The van der Waals surface area contributed by atoms with Crippen molar-refractivity contribution in [2.45, 2.75) is 6.54 Å². The van der Waals surface area contributed by atoms with Gasteiger partial charge in [-0.25, -0.2) is 15.0 Å². The molecule has 2 aromatic heterocycles. The van der Waals surface area contributed by atoms with Crippen LogP contribution in [0.4, 0.5) is 10.3 Å². The molecular weight excluding hydrogens is 303 g/mol. The van der Waals surface area contributed by atoms with Crippen molar-refractivity contribution in [1.82, 2.24) is 18.7 Å². The lowest BCUT2D eigenvalue weighted by molar-refractivity contribution is 0.601. The van der Waals surface area contributed by atoms with E-state index in [1.54, 1.807) is 18.2 Å². The van der Waals surface area contributed by atoms with E-state index in [1.807, 2.05) is 0 Å². The fraction of sp³-hybridized carbons (Fsp3) is 0.214. The first kappa shape index (κ1) is 15.0. The number of nitrogens with zero attached hydrogens (tertiary/aromatic N) is 4. The molecule has 23 heavy (non-hydrogen) atoms. The van der Waals surface area contributed by atoms with E-state index in [0.29, 0.717) is 5.56 Å². The lowest BCUT2D eigenvalue weighted by Gasteiger charge is -2.09. The summed E-state index contributed by atoms with van der Waals surface area (Å²) in [5.41, 5.74) is 2.09. The lowest BCUT2D eigenvalue weighted by atomic mass is 10.2. The minimum atomic E-state index is -0.520. The number of hydrogen-bond donors (Lipinski definition) is 2. The smallest absolute Gasteiger partial charge is 0.299 e. The van der Waals surface area contributed by atoms with Crippen LogP contribution in [0, 0.1) is 5.82 Å². The SMILES string of the molecule is Cn1c(=O)c2c(nc(NN)n2Cc2ccccc2F)n(C)c1=O. The van der Waals surface area contributed by atoms with E-state index in [2.05, 4.69) is 10.4 Å². The highest BCUT2D eigenvalue weighted by Gasteiger charge is 2.19. The molecule has 0 aliphatic carbocycles. The van der Waals surface area contributed by atoms with Gasteiger partial charge in [0.1, 0.15) is 5.82 Å². The third-order valence-corrected chi connectivity index (χ3v) is 3.76. The molecule has 2 heterocycles. The van der Waals surface area contributed by atoms with Gasteiger partial charge in [-0.1, -0.05) is 18.2 Å². The van der Waals surface area contributed by atoms with Crippen LogP contribution in [0.25, 0.3) is 11.2 Å². The Morgan fingerprint density at radius 3 is 2.57 bits per heavy atom. The second kappa shape index (κ2) is 5.36. The zero-order valence-corrected chi connectivity index (χ0v) is 12.6. The van der Waals surface area contributed by atoms with E-state index in [-0.39, 0.29) is 23.7 Å². The Morgan fingerprint density at radius 2 is 1.91 bits per heavy atom. The summed E-state index contributed by atoms with van der Waals surface area (Å²) in [4.78, 5) is 28.6. The van der Waals surface area contributed by atoms with Gasteiger partial charge in [0, 0.05) is 19.7 Å². The molecule has 3 aromatic rings. The molecule has 0 aliphatic heterocycles. The number of imidazole rings is 1. The van der Waals surface area contributed by atoms with E-state index in [4.69, 9.17) is 5.84 Å². The maximum absolute atomic E-state index is 13.9. The van der Waals surface area contributed by atoms with Crippen LogP contribution in [0.1, 0.15) is 5.56 Å². The first-order chi connectivity index (χ1) is 11.0. The number of hydrazine groups is 1. The standard InChI is InChI=1S/C14H15FN6O2/c1-19-11-10(12(22)20(2)14(19)23)21(13(17-11)18-16)7-8-5-3-4-6-9(8)15/h3-6H,7,16H2,1-2H3,(H,17,18). The molecule has 0 atom stereocenters. The van der Waals surface area contributed by atoms with Crippen LogP contribution in [-0.2, 0) is 20.6 Å². The van der Waals surface area contributed by atoms with E-state index in [1.165, 1.54) is 29.3 Å². The summed E-state index contributed by atoms with van der Waals surface area (Å²) in [5, 5.41) is 0. The van der Waals surface area contributed by atoms with Crippen LogP contribution >= 0.6 is 0 Å². The number of anilines is 1. The molecule has 0 saturated carbocycles. The van der Waals surface area contributed by atoms with E-state index in [0.717, 1.165) is 4.57 Å². The largest absolute Gasteiger partial charge is 0.332 e. The highest BCUT2D eigenvalue weighted by Crippen LogP contribution is 2.18. The monoisotopic (exact) mass is 318 g/mol. The second-order valence-electron chi connectivity index (χ2n) is 5.14. The van der Waals surface area contributed by atoms with Crippen LogP contribution in [-0.4, -0.2) is 18.7 Å². The quantitative estimate of drug-likeness (QED) is 0.519. The Hall–Kier alpha value is -2.94. The maximum atomic E-state index is 13.9. The lowest BCUT2D eigenvalue weighted by Crippen LogP contribution is -2.37. The minimum absolute atomic E-state index is 0.0517. The van der Waals surface area contributed by atoms with Gasteiger partial charge >= 0.3 is 5.69 Å². The predicted octanol–water partition coefficient (Wildman–Crippen LogP) is -0.0933. The molecule has 120 valence electrons. The molecule has 9 heteroatoms. The van der Waals surface area contributed by atoms with Gasteiger partial charge < -0.3 is 0 Å². The number of rotatable bonds is 3. The third-order valence-electron chi connectivity index (χ3n) is 3.76. The first-order valence-electron chi connectivity index (χ1n) is 6.82. The number of aryl methyl sites for hydroxylation is 1. The average molecular weight is 318 g/mol. The summed E-state index contributed by atoms with van der Waals surface area (Å²) in [6.45, 7) is 0.0517. The third kappa shape index (κ3) is 2.21. The van der Waals surface area contributed by atoms with Gasteiger partial charge in [-0.15, -0.1) is 0 Å². The molecule has 0 saturated heterocycles. The van der Waals surface area contributed by atoms with E-state index >= 15 is 0 Å². The van der Waals surface area contributed by atoms with Gasteiger partial charge in [-0.3, -0.25) is 23.9 Å². The number of nitrogens with two attached hydrogens (primary N) is 1. The second-order valence-corrected chi connectivity index (χ2v) is 5.14. The van der Waals surface area contributed by atoms with Crippen LogP contribution in [0.15, 0.2) is 33.9 Å². The number of halogens is 1. The molecule has 0 fully saturated rings. The number of benzene rings is 1. The Balaban J connectivity index is 2.34. The van der Waals surface area contributed by atoms with E-state index < -0.39 is 17.1 Å².